The van der Waals surface area contributed by atoms with Crippen LogP contribution in [0.5, 0.6) is 0 Å². The molecule has 2 heterocycles. The number of amides is 2. The Balaban J connectivity index is 1.83. The van der Waals surface area contributed by atoms with Gasteiger partial charge in [-0.25, -0.2) is 4.98 Å². The van der Waals surface area contributed by atoms with E-state index in [-0.39, 0.29) is 22.2 Å². The molecule has 3 rings (SSSR count). The lowest BCUT2D eigenvalue weighted by Gasteiger charge is -2.16. The van der Waals surface area contributed by atoms with Crippen molar-refractivity contribution in [3.63, 3.8) is 0 Å². The second-order valence-corrected chi connectivity index (χ2v) is 8.36. The van der Waals surface area contributed by atoms with Crippen molar-refractivity contribution in [3.8, 4) is 0 Å². The first-order valence-electron chi connectivity index (χ1n) is 9.48. The number of ether oxygens (including phenoxy) is 1. The van der Waals surface area contributed by atoms with Crippen LogP contribution in [0, 0.1) is 6.92 Å². The van der Waals surface area contributed by atoms with Gasteiger partial charge in [-0.1, -0.05) is 13.8 Å². The predicted molar refractivity (Wildman–Crippen MR) is 108 cm³/mol. The molecule has 0 radical (unpaired) electrons. The summed E-state index contributed by atoms with van der Waals surface area (Å²) in [5, 5.41) is 5.52. The number of rotatable bonds is 5. The van der Waals surface area contributed by atoms with Gasteiger partial charge in [0, 0.05) is 18.2 Å². The van der Waals surface area contributed by atoms with Gasteiger partial charge in [-0.05, 0) is 38.0 Å². The van der Waals surface area contributed by atoms with Crippen LogP contribution in [-0.2, 0) is 15.7 Å². The van der Waals surface area contributed by atoms with E-state index in [0.717, 1.165) is 34.9 Å². The summed E-state index contributed by atoms with van der Waals surface area (Å²) in [7, 11) is 0. The van der Waals surface area contributed by atoms with E-state index in [1.807, 2.05) is 13.8 Å². The molecule has 162 valence electrons. The van der Waals surface area contributed by atoms with Crippen LogP contribution < -0.4 is 10.6 Å². The summed E-state index contributed by atoms with van der Waals surface area (Å²) < 4.78 is 46.1. The number of anilines is 2. The lowest BCUT2D eigenvalue weighted by atomic mass is 10.1. The van der Waals surface area contributed by atoms with Gasteiger partial charge in [0.1, 0.15) is 11.0 Å². The molecule has 1 aliphatic heterocycles. The zero-order valence-corrected chi connectivity index (χ0v) is 17.5. The van der Waals surface area contributed by atoms with Gasteiger partial charge in [0.15, 0.2) is 0 Å². The fourth-order valence-corrected chi connectivity index (χ4v) is 3.99. The standard InChI is InChI=1S/C20H22F3N3O3S/c1-10(2)19-24-11(3)16(30-19)18(28)26-14-7-6-12(9-13(14)20(21,22)23)25-17(27)15-5-4-8-29-15/h6-7,9-10,15H,4-5,8H2,1-3H3,(H,25,27)(H,26,28). The number of halogens is 3. The highest BCUT2D eigenvalue weighted by Crippen LogP contribution is 2.37. The molecule has 1 fully saturated rings. The molecule has 1 aromatic carbocycles. The van der Waals surface area contributed by atoms with E-state index in [9.17, 15) is 22.8 Å². The van der Waals surface area contributed by atoms with Crippen molar-refractivity contribution in [3.05, 3.63) is 39.3 Å². The number of benzene rings is 1. The second-order valence-electron chi connectivity index (χ2n) is 7.32. The predicted octanol–water partition coefficient (Wildman–Crippen LogP) is 4.96. The van der Waals surface area contributed by atoms with Crippen LogP contribution in [0.1, 0.15) is 58.5 Å². The zero-order valence-electron chi connectivity index (χ0n) is 16.7. The molecular weight excluding hydrogens is 419 g/mol. The first kappa shape index (κ1) is 22.2. The van der Waals surface area contributed by atoms with E-state index in [1.54, 1.807) is 6.92 Å². The van der Waals surface area contributed by atoms with Crippen molar-refractivity contribution < 1.29 is 27.5 Å². The Kier molecular flexibility index (Phi) is 6.47. The van der Waals surface area contributed by atoms with Gasteiger partial charge in [0.05, 0.1) is 22.0 Å². The average Bonchev–Trinajstić information content (AvgIpc) is 3.31. The first-order chi connectivity index (χ1) is 14.1. The number of aryl methyl sites for hydroxylation is 1. The van der Waals surface area contributed by atoms with Crippen LogP contribution >= 0.6 is 11.3 Å². The van der Waals surface area contributed by atoms with Crippen LogP contribution in [0.15, 0.2) is 18.2 Å². The molecule has 1 aliphatic rings. The lowest BCUT2D eigenvalue weighted by molar-refractivity contribution is -0.137. The van der Waals surface area contributed by atoms with Crippen LogP contribution in [0.3, 0.4) is 0 Å². The Hall–Kier alpha value is -2.46. The number of carbonyl (C=O) groups is 2. The van der Waals surface area contributed by atoms with E-state index >= 15 is 0 Å². The van der Waals surface area contributed by atoms with Gasteiger partial charge in [-0.15, -0.1) is 11.3 Å². The third-order valence-corrected chi connectivity index (χ3v) is 6.03. The molecule has 0 aliphatic carbocycles. The molecule has 1 unspecified atom stereocenters. The van der Waals surface area contributed by atoms with Crippen LogP contribution in [-0.4, -0.2) is 29.5 Å². The normalized spacial score (nSPS) is 16.7. The fraction of sp³-hybridized carbons (Fsp3) is 0.450. The Morgan fingerprint density at radius 3 is 2.57 bits per heavy atom. The molecule has 1 aromatic heterocycles. The highest BCUT2D eigenvalue weighted by molar-refractivity contribution is 7.14. The number of thiazole rings is 1. The molecule has 0 spiro atoms. The molecule has 2 aromatic rings. The minimum atomic E-state index is -4.72. The van der Waals surface area contributed by atoms with E-state index in [4.69, 9.17) is 4.74 Å². The van der Waals surface area contributed by atoms with E-state index < -0.39 is 29.7 Å². The molecule has 0 bridgehead atoms. The monoisotopic (exact) mass is 441 g/mol. The average molecular weight is 441 g/mol. The largest absolute Gasteiger partial charge is 0.418 e. The Morgan fingerprint density at radius 1 is 1.27 bits per heavy atom. The Morgan fingerprint density at radius 2 is 2.00 bits per heavy atom. The number of aromatic nitrogens is 1. The van der Waals surface area contributed by atoms with Crippen molar-refractivity contribution in [1.29, 1.82) is 0 Å². The summed E-state index contributed by atoms with van der Waals surface area (Å²) in [6, 6.07) is 3.25. The molecule has 2 N–H and O–H groups in total. The molecule has 2 amide bonds. The third-order valence-electron chi connectivity index (χ3n) is 4.58. The summed E-state index contributed by atoms with van der Waals surface area (Å²) in [6.45, 7) is 5.94. The topological polar surface area (TPSA) is 80.3 Å². The fourth-order valence-electron chi connectivity index (χ4n) is 3.03. The van der Waals surface area contributed by atoms with Crippen molar-refractivity contribution in [2.45, 2.75) is 51.8 Å². The number of nitrogens with zero attached hydrogens (tertiary/aromatic N) is 1. The van der Waals surface area contributed by atoms with Gasteiger partial charge in [-0.3, -0.25) is 9.59 Å². The number of hydrogen-bond acceptors (Lipinski definition) is 5. The maximum Gasteiger partial charge on any atom is 0.418 e. The first-order valence-corrected chi connectivity index (χ1v) is 10.3. The van der Waals surface area contributed by atoms with Crippen molar-refractivity contribution >= 4 is 34.5 Å². The quantitative estimate of drug-likeness (QED) is 0.687. The number of nitrogens with one attached hydrogen (secondary N) is 2. The SMILES string of the molecule is Cc1nc(C(C)C)sc1C(=O)Nc1ccc(NC(=O)C2CCCO2)cc1C(F)(F)F. The summed E-state index contributed by atoms with van der Waals surface area (Å²) in [5.41, 5.74) is -0.985. The highest BCUT2D eigenvalue weighted by atomic mass is 32.1. The number of carbonyl (C=O) groups excluding carboxylic acids is 2. The molecule has 1 atom stereocenters. The molecule has 0 saturated carbocycles. The minimum Gasteiger partial charge on any atom is -0.368 e. The Bertz CT molecular complexity index is 951. The maximum absolute atomic E-state index is 13.6. The zero-order chi connectivity index (χ0) is 22.1. The van der Waals surface area contributed by atoms with E-state index in [2.05, 4.69) is 15.6 Å². The summed E-state index contributed by atoms with van der Waals surface area (Å²) in [4.78, 5) is 29.3. The van der Waals surface area contributed by atoms with Gasteiger partial charge in [0.2, 0.25) is 0 Å². The van der Waals surface area contributed by atoms with Crippen molar-refractivity contribution in [2.24, 2.45) is 0 Å². The summed E-state index contributed by atoms with van der Waals surface area (Å²) in [5.74, 6) is -1.04. The summed E-state index contributed by atoms with van der Waals surface area (Å²) in [6.07, 6.45) is -4.13. The molecule has 6 nitrogen and oxygen atoms in total. The molecule has 1 saturated heterocycles. The van der Waals surface area contributed by atoms with Gasteiger partial charge in [-0.2, -0.15) is 13.2 Å². The van der Waals surface area contributed by atoms with Gasteiger partial charge >= 0.3 is 6.18 Å². The lowest BCUT2D eigenvalue weighted by Crippen LogP contribution is -2.27. The number of hydrogen-bond donors (Lipinski definition) is 2. The van der Waals surface area contributed by atoms with Crippen LogP contribution in [0.25, 0.3) is 0 Å². The highest BCUT2D eigenvalue weighted by Gasteiger charge is 2.35. The van der Waals surface area contributed by atoms with E-state index in [0.29, 0.717) is 18.7 Å². The molecule has 30 heavy (non-hydrogen) atoms. The third kappa shape index (κ3) is 4.99. The maximum atomic E-state index is 13.6. The van der Waals surface area contributed by atoms with Crippen LogP contribution in [0.2, 0.25) is 0 Å². The van der Waals surface area contributed by atoms with Crippen molar-refractivity contribution in [2.75, 3.05) is 17.2 Å². The smallest absolute Gasteiger partial charge is 0.368 e. The molecular formula is C20H22F3N3O3S. The van der Waals surface area contributed by atoms with Crippen molar-refractivity contribution in [1.82, 2.24) is 4.98 Å². The van der Waals surface area contributed by atoms with Crippen LogP contribution in [0.4, 0.5) is 24.5 Å². The number of alkyl halides is 3. The molecule has 10 heteroatoms. The summed E-state index contributed by atoms with van der Waals surface area (Å²) >= 11 is 1.16. The Labute approximate surface area is 175 Å². The second kappa shape index (κ2) is 8.73. The van der Waals surface area contributed by atoms with Gasteiger partial charge < -0.3 is 15.4 Å². The minimum absolute atomic E-state index is 0.0168. The van der Waals surface area contributed by atoms with Gasteiger partial charge in [0.25, 0.3) is 11.8 Å². The van der Waals surface area contributed by atoms with E-state index in [1.165, 1.54) is 6.07 Å².